The number of rotatable bonds is 4. The molecule has 2 rings (SSSR count). The molecule has 102 valence electrons. The molecule has 1 heterocycles. The van der Waals surface area contributed by atoms with Crippen molar-refractivity contribution in [3.63, 3.8) is 0 Å². The number of hydrogen-bond acceptors (Lipinski definition) is 5. The van der Waals surface area contributed by atoms with Gasteiger partial charge in [0, 0.05) is 6.54 Å². The van der Waals surface area contributed by atoms with Crippen molar-refractivity contribution in [2.45, 2.75) is 18.7 Å². The number of aliphatic hydroxyl groups excluding tert-OH is 4. The fraction of sp³-hybridized carbons (Fsp3) is 0.308. The summed E-state index contributed by atoms with van der Waals surface area (Å²) in [5.41, 5.74) is 0.786. The average molecular weight is 265 g/mol. The second-order valence-corrected chi connectivity index (χ2v) is 4.35. The molecule has 6 nitrogen and oxygen atoms in total. The summed E-state index contributed by atoms with van der Waals surface area (Å²) in [6.45, 7) is -0.504. The topological polar surface area (TPSA) is 101 Å². The molecule has 0 saturated heterocycles. The molecule has 0 saturated carbocycles. The van der Waals surface area contributed by atoms with Gasteiger partial charge < -0.3 is 25.3 Å². The summed E-state index contributed by atoms with van der Waals surface area (Å²) < 4.78 is 0. The maximum atomic E-state index is 11.8. The number of carbonyl (C=O) groups is 1. The number of aliphatic hydroxyl groups is 4. The Balaban J connectivity index is 2.26. The van der Waals surface area contributed by atoms with Crippen LogP contribution in [-0.4, -0.2) is 50.0 Å². The van der Waals surface area contributed by atoms with Gasteiger partial charge in [0.1, 0.15) is 12.1 Å². The van der Waals surface area contributed by atoms with Crippen LogP contribution in [0, 0.1) is 0 Å². The number of amides is 1. The number of hydrogen-bond donors (Lipinski definition) is 4. The lowest BCUT2D eigenvalue weighted by atomic mass is 10.1. The fourth-order valence-electron chi connectivity index (χ4n) is 2.10. The van der Waals surface area contributed by atoms with Crippen molar-refractivity contribution < 1.29 is 25.2 Å². The summed E-state index contributed by atoms with van der Waals surface area (Å²) in [6, 6.07) is 7.84. The molecule has 1 aliphatic heterocycles. The van der Waals surface area contributed by atoms with Crippen LogP contribution in [0.15, 0.2) is 41.9 Å². The van der Waals surface area contributed by atoms with E-state index in [0.29, 0.717) is 0 Å². The highest BCUT2D eigenvalue weighted by Crippen LogP contribution is 2.26. The Labute approximate surface area is 109 Å². The molecular formula is C13H15NO5. The Kier molecular flexibility index (Phi) is 3.73. The minimum atomic E-state index is -1.35. The molecule has 19 heavy (non-hydrogen) atoms. The molecule has 2 unspecified atom stereocenters. The van der Waals surface area contributed by atoms with Gasteiger partial charge in [-0.25, -0.2) is 0 Å². The predicted molar refractivity (Wildman–Crippen MR) is 66.2 cm³/mol. The van der Waals surface area contributed by atoms with Crippen molar-refractivity contribution in [3.8, 4) is 0 Å². The van der Waals surface area contributed by atoms with Crippen LogP contribution in [0.1, 0.15) is 5.56 Å². The molecule has 1 aromatic rings. The Morgan fingerprint density at radius 1 is 1.21 bits per heavy atom. The van der Waals surface area contributed by atoms with Crippen LogP contribution in [0.4, 0.5) is 0 Å². The minimum Gasteiger partial charge on any atom is -0.506 e. The first-order valence-electron chi connectivity index (χ1n) is 5.82. The Bertz CT molecular complexity index is 499. The van der Waals surface area contributed by atoms with Gasteiger partial charge in [-0.15, -0.1) is 0 Å². The van der Waals surface area contributed by atoms with E-state index in [4.69, 9.17) is 5.11 Å². The predicted octanol–water partition coefficient (Wildman–Crippen LogP) is 0.0782. The largest absolute Gasteiger partial charge is 0.506 e. The van der Waals surface area contributed by atoms with Gasteiger partial charge in [0.25, 0.3) is 5.91 Å². The van der Waals surface area contributed by atoms with Crippen LogP contribution in [0.5, 0.6) is 0 Å². The van der Waals surface area contributed by atoms with Crippen molar-refractivity contribution in [2.75, 3.05) is 6.61 Å². The maximum Gasteiger partial charge on any atom is 0.293 e. The van der Waals surface area contributed by atoms with E-state index >= 15 is 0 Å². The van der Waals surface area contributed by atoms with Crippen LogP contribution in [-0.2, 0) is 11.3 Å². The van der Waals surface area contributed by atoms with E-state index in [1.165, 1.54) is 0 Å². The highest BCUT2D eigenvalue weighted by molar-refractivity contribution is 5.94. The summed E-state index contributed by atoms with van der Waals surface area (Å²) in [5.74, 6) is -2.16. The van der Waals surface area contributed by atoms with Crippen molar-refractivity contribution in [1.82, 2.24) is 4.90 Å². The average Bonchev–Trinajstić information content (AvgIpc) is 2.64. The van der Waals surface area contributed by atoms with E-state index < -0.39 is 36.2 Å². The van der Waals surface area contributed by atoms with Gasteiger partial charge >= 0.3 is 0 Å². The van der Waals surface area contributed by atoms with Crippen molar-refractivity contribution in [1.29, 1.82) is 0 Å². The zero-order chi connectivity index (χ0) is 14.0. The van der Waals surface area contributed by atoms with Gasteiger partial charge in [0.2, 0.25) is 5.76 Å². The molecule has 6 heteroatoms. The smallest absolute Gasteiger partial charge is 0.293 e. The standard InChI is InChI=1S/C13H15NO5/c15-7-9(16)10-11(17)12(18)13(19)14(10)6-8-4-2-1-3-5-8/h1-5,9-10,15-18H,6-7H2. The second kappa shape index (κ2) is 5.29. The van der Waals surface area contributed by atoms with Crippen LogP contribution < -0.4 is 0 Å². The lowest BCUT2D eigenvalue weighted by Crippen LogP contribution is -2.44. The molecule has 1 amide bonds. The minimum absolute atomic E-state index is 0.121. The third kappa shape index (κ3) is 2.40. The Morgan fingerprint density at radius 2 is 1.84 bits per heavy atom. The monoisotopic (exact) mass is 265 g/mol. The van der Waals surface area contributed by atoms with E-state index in [0.717, 1.165) is 10.5 Å². The molecular weight excluding hydrogens is 250 g/mol. The molecule has 0 fully saturated rings. The quantitative estimate of drug-likeness (QED) is 0.617. The van der Waals surface area contributed by atoms with Crippen LogP contribution >= 0.6 is 0 Å². The van der Waals surface area contributed by atoms with Gasteiger partial charge in [-0.3, -0.25) is 4.79 Å². The van der Waals surface area contributed by atoms with Gasteiger partial charge in [-0.05, 0) is 5.56 Å². The summed E-state index contributed by atoms with van der Waals surface area (Å²) >= 11 is 0. The van der Waals surface area contributed by atoms with Crippen molar-refractivity contribution in [3.05, 3.63) is 47.4 Å². The molecule has 2 atom stereocenters. The number of carbonyl (C=O) groups excluding carboxylic acids is 1. The van der Waals surface area contributed by atoms with Crippen LogP contribution in [0.25, 0.3) is 0 Å². The molecule has 1 aliphatic rings. The summed E-state index contributed by atoms with van der Waals surface area (Å²) in [5, 5.41) is 37.8. The number of benzene rings is 1. The van der Waals surface area contributed by atoms with Crippen LogP contribution in [0.3, 0.4) is 0 Å². The maximum absolute atomic E-state index is 11.8. The Morgan fingerprint density at radius 3 is 2.42 bits per heavy atom. The van der Waals surface area contributed by atoms with Crippen LogP contribution in [0.2, 0.25) is 0 Å². The molecule has 0 aromatic heterocycles. The molecule has 0 aliphatic carbocycles. The van der Waals surface area contributed by atoms with Gasteiger partial charge in [0.05, 0.1) is 6.61 Å². The van der Waals surface area contributed by atoms with Gasteiger partial charge in [0.15, 0.2) is 5.76 Å². The van der Waals surface area contributed by atoms with Gasteiger partial charge in [-0.2, -0.15) is 0 Å². The van der Waals surface area contributed by atoms with Crippen molar-refractivity contribution >= 4 is 5.91 Å². The summed E-state index contributed by atoms with van der Waals surface area (Å²) in [4.78, 5) is 12.9. The normalized spacial score (nSPS) is 21.1. The lowest BCUT2D eigenvalue weighted by Gasteiger charge is -2.27. The van der Waals surface area contributed by atoms with Gasteiger partial charge in [-0.1, -0.05) is 30.3 Å². The van der Waals surface area contributed by atoms with E-state index in [9.17, 15) is 20.1 Å². The van der Waals surface area contributed by atoms with E-state index in [2.05, 4.69) is 0 Å². The first-order valence-corrected chi connectivity index (χ1v) is 5.82. The molecule has 0 spiro atoms. The SMILES string of the molecule is O=C1C(O)=C(O)C(C(O)CO)N1Cc1ccccc1. The van der Waals surface area contributed by atoms with E-state index in [1.807, 2.05) is 6.07 Å². The summed E-state index contributed by atoms with van der Waals surface area (Å²) in [7, 11) is 0. The van der Waals surface area contributed by atoms with E-state index in [1.54, 1.807) is 24.3 Å². The summed E-state index contributed by atoms with van der Waals surface area (Å²) in [6.07, 6.45) is -1.35. The zero-order valence-corrected chi connectivity index (χ0v) is 10.1. The first-order chi connectivity index (χ1) is 9.06. The molecule has 1 aromatic carbocycles. The third-order valence-corrected chi connectivity index (χ3v) is 3.07. The van der Waals surface area contributed by atoms with E-state index in [-0.39, 0.29) is 6.54 Å². The molecule has 4 N–H and O–H groups in total. The fourth-order valence-corrected chi connectivity index (χ4v) is 2.10. The Hall–Kier alpha value is -2.05. The highest BCUT2D eigenvalue weighted by Gasteiger charge is 2.43. The third-order valence-electron chi connectivity index (χ3n) is 3.07. The number of nitrogens with zero attached hydrogens (tertiary/aromatic N) is 1. The second-order valence-electron chi connectivity index (χ2n) is 4.35. The molecule has 0 bridgehead atoms. The lowest BCUT2D eigenvalue weighted by molar-refractivity contribution is -0.132. The molecule has 0 radical (unpaired) electrons. The highest BCUT2D eigenvalue weighted by atomic mass is 16.3. The zero-order valence-electron chi connectivity index (χ0n) is 10.1. The van der Waals surface area contributed by atoms with Crippen molar-refractivity contribution in [2.24, 2.45) is 0 Å². The first kappa shape index (κ1) is 13.4.